The lowest BCUT2D eigenvalue weighted by atomic mass is 9.96. The number of nitriles is 1. The molecule has 27 heavy (non-hydrogen) atoms. The molecular formula is C18H19F2N4O3. The third-order valence-corrected chi connectivity index (χ3v) is 4.23. The fourth-order valence-electron chi connectivity index (χ4n) is 2.90. The predicted molar refractivity (Wildman–Crippen MR) is 92.4 cm³/mol. The van der Waals surface area contributed by atoms with Crippen LogP contribution in [0.5, 0.6) is 11.5 Å². The number of nitrogens with zero attached hydrogens (tertiary/aromatic N) is 3. The number of nitrogens with one attached hydrogen (secondary N) is 1. The van der Waals surface area contributed by atoms with Gasteiger partial charge in [0, 0.05) is 12.1 Å². The number of allylic oxidation sites excluding steroid dienone is 1. The smallest absolute Gasteiger partial charge is 0.387 e. The molecule has 2 atom stereocenters. The van der Waals surface area contributed by atoms with Crippen molar-refractivity contribution >= 4 is 5.96 Å². The maximum atomic E-state index is 12.7. The summed E-state index contributed by atoms with van der Waals surface area (Å²) in [6, 6.07) is 4.95. The first kappa shape index (κ1) is 18.9. The minimum absolute atomic E-state index is 0.00416. The van der Waals surface area contributed by atoms with Crippen molar-refractivity contribution in [3.8, 4) is 17.7 Å². The number of halogens is 2. The van der Waals surface area contributed by atoms with Gasteiger partial charge in [-0.2, -0.15) is 14.0 Å². The second kappa shape index (κ2) is 8.68. The summed E-state index contributed by atoms with van der Waals surface area (Å²) >= 11 is 0. The van der Waals surface area contributed by atoms with E-state index >= 15 is 0 Å². The molecule has 1 aromatic carbocycles. The van der Waals surface area contributed by atoms with E-state index in [4.69, 9.17) is 14.7 Å². The molecule has 2 unspecified atom stereocenters. The number of hydrogen-bond donors (Lipinski definition) is 1. The Hall–Kier alpha value is -2.86. The Morgan fingerprint density at radius 1 is 1.44 bits per heavy atom. The highest BCUT2D eigenvalue weighted by Gasteiger charge is 2.22. The Morgan fingerprint density at radius 2 is 2.30 bits per heavy atom. The Labute approximate surface area is 155 Å². The number of guanidine groups is 1. The van der Waals surface area contributed by atoms with E-state index < -0.39 is 6.61 Å². The first-order valence-corrected chi connectivity index (χ1v) is 8.52. The summed E-state index contributed by atoms with van der Waals surface area (Å²) in [5, 5.41) is 15.5. The molecule has 0 saturated carbocycles. The molecule has 0 aromatic heterocycles. The highest BCUT2D eigenvalue weighted by molar-refractivity contribution is 5.85. The molecule has 143 valence electrons. The van der Waals surface area contributed by atoms with E-state index in [1.807, 2.05) is 6.92 Å². The van der Waals surface area contributed by atoms with Gasteiger partial charge in [0.2, 0.25) is 12.2 Å². The standard InChI is InChI=1S/C18H19F2N4O3/c1-11(6-13-8-22-18(24-13)23-10-21)12-2-3-15(27-17(19)20)16(7-12)26-14-4-5-25-9-14/h2-3,7-8,11,14,17H,4-6,9H2,1H3,(H,23,24). The van der Waals surface area contributed by atoms with Gasteiger partial charge in [-0.3, -0.25) is 0 Å². The molecule has 1 saturated heterocycles. The van der Waals surface area contributed by atoms with E-state index in [0.717, 1.165) is 11.3 Å². The molecule has 1 fully saturated rings. The average molecular weight is 377 g/mol. The number of rotatable bonds is 7. The molecule has 0 amide bonds. The van der Waals surface area contributed by atoms with Crippen molar-refractivity contribution in [2.75, 3.05) is 13.2 Å². The molecule has 0 spiro atoms. The van der Waals surface area contributed by atoms with Gasteiger partial charge in [0.15, 0.2) is 11.5 Å². The molecule has 1 aromatic rings. The van der Waals surface area contributed by atoms with E-state index in [-0.39, 0.29) is 29.5 Å². The summed E-state index contributed by atoms with van der Waals surface area (Å²) in [5.41, 5.74) is 1.72. The second-order valence-corrected chi connectivity index (χ2v) is 6.24. The van der Waals surface area contributed by atoms with Crippen LogP contribution in [0.1, 0.15) is 31.2 Å². The summed E-state index contributed by atoms with van der Waals surface area (Å²) in [6.45, 7) is 0.0743. The van der Waals surface area contributed by atoms with Crippen molar-refractivity contribution in [2.45, 2.75) is 38.4 Å². The molecule has 2 aliphatic heterocycles. The van der Waals surface area contributed by atoms with Crippen molar-refractivity contribution in [2.24, 2.45) is 4.99 Å². The quantitative estimate of drug-likeness (QED) is 0.738. The number of aliphatic imine (C=N–C) groups is 1. The molecule has 2 heterocycles. The molecule has 2 aliphatic rings. The van der Waals surface area contributed by atoms with Crippen LogP contribution in [-0.4, -0.2) is 31.9 Å². The van der Waals surface area contributed by atoms with Crippen LogP contribution in [-0.2, 0) is 4.74 Å². The van der Waals surface area contributed by atoms with Crippen LogP contribution in [0.3, 0.4) is 0 Å². The normalized spacial score (nSPS) is 21.4. The molecular weight excluding hydrogens is 358 g/mol. The number of hydrogen-bond acceptors (Lipinski definition) is 5. The highest BCUT2D eigenvalue weighted by Crippen LogP contribution is 2.35. The van der Waals surface area contributed by atoms with Crippen LogP contribution in [0.25, 0.3) is 0 Å². The lowest BCUT2D eigenvalue weighted by Crippen LogP contribution is -2.21. The van der Waals surface area contributed by atoms with Gasteiger partial charge in [-0.15, -0.1) is 4.99 Å². The first-order chi connectivity index (χ1) is 13.0. The van der Waals surface area contributed by atoms with Gasteiger partial charge in [0.05, 0.1) is 19.4 Å². The van der Waals surface area contributed by atoms with Crippen molar-refractivity contribution < 1.29 is 23.0 Å². The highest BCUT2D eigenvalue weighted by atomic mass is 19.3. The Kier molecular flexibility index (Phi) is 6.08. The van der Waals surface area contributed by atoms with E-state index in [0.29, 0.717) is 26.1 Å². The van der Waals surface area contributed by atoms with E-state index in [1.165, 1.54) is 6.07 Å². The zero-order chi connectivity index (χ0) is 19.2. The monoisotopic (exact) mass is 377 g/mol. The van der Waals surface area contributed by atoms with Crippen LogP contribution >= 0.6 is 0 Å². The zero-order valence-corrected chi connectivity index (χ0v) is 14.7. The third-order valence-electron chi connectivity index (χ3n) is 4.23. The lowest BCUT2D eigenvalue weighted by molar-refractivity contribution is -0.0521. The summed E-state index contributed by atoms with van der Waals surface area (Å²) in [5.74, 6) is 0.582. The van der Waals surface area contributed by atoms with Gasteiger partial charge in [0.25, 0.3) is 0 Å². The Bertz CT molecular complexity index is 770. The minimum atomic E-state index is -2.93. The Morgan fingerprint density at radius 3 is 3.00 bits per heavy atom. The average Bonchev–Trinajstić information content (AvgIpc) is 3.28. The first-order valence-electron chi connectivity index (χ1n) is 8.52. The Balaban J connectivity index is 1.72. The van der Waals surface area contributed by atoms with Crippen molar-refractivity contribution in [1.82, 2.24) is 10.6 Å². The lowest BCUT2D eigenvalue weighted by Gasteiger charge is -2.19. The molecule has 3 rings (SSSR count). The summed E-state index contributed by atoms with van der Waals surface area (Å²) in [7, 11) is 0. The molecule has 7 nitrogen and oxygen atoms in total. The topological polar surface area (TPSA) is 90.0 Å². The third kappa shape index (κ3) is 5.08. The molecule has 9 heteroatoms. The van der Waals surface area contributed by atoms with Crippen LogP contribution in [0.15, 0.2) is 35.1 Å². The van der Waals surface area contributed by atoms with Gasteiger partial charge < -0.3 is 19.5 Å². The van der Waals surface area contributed by atoms with Crippen LogP contribution < -0.4 is 20.1 Å². The molecule has 1 N–H and O–H groups in total. The second-order valence-electron chi connectivity index (χ2n) is 6.24. The van der Waals surface area contributed by atoms with Gasteiger partial charge in [0.1, 0.15) is 6.10 Å². The summed E-state index contributed by atoms with van der Waals surface area (Å²) in [6.07, 6.45) is 4.42. The largest absolute Gasteiger partial charge is 0.484 e. The number of ether oxygens (including phenoxy) is 3. The maximum Gasteiger partial charge on any atom is 0.387 e. The SMILES string of the molecule is CC(CC1=C[N]C(=NC#N)N1)c1ccc(OC(F)F)c(OC2CCOC2)c1. The van der Waals surface area contributed by atoms with Crippen molar-refractivity contribution in [1.29, 1.82) is 5.26 Å². The van der Waals surface area contributed by atoms with Gasteiger partial charge in [-0.05, 0) is 30.0 Å². The van der Waals surface area contributed by atoms with Gasteiger partial charge >= 0.3 is 6.61 Å². The fraction of sp³-hybridized carbons (Fsp3) is 0.444. The predicted octanol–water partition coefficient (Wildman–Crippen LogP) is 2.84. The molecule has 1 radical (unpaired) electrons. The zero-order valence-electron chi connectivity index (χ0n) is 14.7. The van der Waals surface area contributed by atoms with E-state index in [1.54, 1.807) is 24.5 Å². The van der Waals surface area contributed by atoms with Crippen molar-refractivity contribution in [3.05, 3.63) is 35.7 Å². The number of alkyl halides is 2. The van der Waals surface area contributed by atoms with Crippen LogP contribution in [0, 0.1) is 11.5 Å². The van der Waals surface area contributed by atoms with E-state index in [2.05, 4.69) is 20.4 Å². The van der Waals surface area contributed by atoms with Crippen molar-refractivity contribution in [3.63, 3.8) is 0 Å². The van der Waals surface area contributed by atoms with Gasteiger partial charge in [-0.25, -0.2) is 5.32 Å². The van der Waals surface area contributed by atoms with Gasteiger partial charge in [-0.1, -0.05) is 13.0 Å². The van der Waals surface area contributed by atoms with Crippen LogP contribution in [0.4, 0.5) is 8.78 Å². The maximum absolute atomic E-state index is 12.7. The van der Waals surface area contributed by atoms with Crippen LogP contribution in [0.2, 0.25) is 0 Å². The molecule has 0 bridgehead atoms. The number of benzene rings is 1. The summed E-state index contributed by atoms with van der Waals surface area (Å²) < 4.78 is 41.0. The minimum Gasteiger partial charge on any atom is -0.484 e. The fourth-order valence-corrected chi connectivity index (χ4v) is 2.90. The summed E-state index contributed by atoms with van der Waals surface area (Å²) in [4.78, 5) is 3.54. The molecule has 0 aliphatic carbocycles. The van der Waals surface area contributed by atoms with E-state index in [9.17, 15) is 8.78 Å².